The van der Waals surface area contributed by atoms with Gasteiger partial charge in [0, 0.05) is 18.9 Å². The average molecular weight is 414 g/mol. The molecule has 0 spiro atoms. The van der Waals surface area contributed by atoms with E-state index in [4.69, 9.17) is 9.47 Å². The Balaban J connectivity index is 1.62. The van der Waals surface area contributed by atoms with Crippen LogP contribution in [0.2, 0.25) is 0 Å². The number of esters is 1. The molecule has 156 valence electrons. The van der Waals surface area contributed by atoms with Gasteiger partial charge >= 0.3 is 5.97 Å². The van der Waals surface area contributed by atoms with E-state index in [9.17, 15) is 9.59 Å². The van der Waals surface area contributed by atoms with Gasteiger partial charge in [0.1, 0.15) is 11.5 Å². The van der Waals surface area contributed by atoms with Crippen LogP contribution in [0.3, 0.4) is 0 Å². The first-order valence-corrected chi connectivity index (χ1v) is 9.94. The lowest BCUT2D eigenvalue weighted by molar-refractivity contribution is -0.130. The molecule has 0 fully saturated rings. The van der Waals surface area contributed by atoms with Crippen molar-refractivity contribution in [3.8, 4) is 11.5 Å². The van der Waals surface area contributed by atoms with E-state index in [1.54, 1.807) is 43.5 Å². The summed E-state index contributed by atoms with van der Waals surface area (Å²) in [6.45, 7) is 1.49. The minimum absolute atomic E-state index is 0.158. The monoisotopic (exact) mass is 414 g/mol. The summed E-state index contributed by atoms with van der Waals surface area (Å²) in [7, 11) is 1.61. The zero-order valence-electron chi connectivity index (χ0n) is 17.3. The number of carbonyl (C=O) groups excluding carboxylic acids is 2. The maximum absolute atomic E-state index is 12.6. The number of methoxy groups -OCH3 is 1. The van der Waals surface area contributed by atoms with Crippen molar-refractivity contribution in [2.24, 2.45) is 5.10 Å². The highest BCUT2D eigenvalue weighted by Crippen LogP contribution is 2.35. The summed E-state index contributed by atoms with van der Waals surface area (Å²) in [5.41, 5.74) is 2.79. The normalized spacial score (nSPS) is 15.4. The van der Waals surface area contributed by atoms with Crippen LogP contribution < -0.4 is 9.47 Å². The molecule has 0 saturated carbocycles. The summed E-state index contributed by atoms with van der Waals surface area (Å²) < 4.78 is 10.9. The van der Waals surface area contributed by atoms with Gasteiger partial charge in [-0.05, 0) is 42.0 Å². The SMILES string of the molecule is COc1ccc([C@H]2CC(c3ccccc3OC(=O)c3ccccc3)=NN2C(C)=O)cc1. The van der Waals surface area contributed by atoms with E-state index in [0.717, 1.165) is 11.3 Å². The van der Waals surface area contributed by atoms with Gasteiger partial charge in [0.25, 0.3) is 0 Å². The van der Waals surface area contributed by atoms with Gasteiger partial charge in [-0.1, -0.05) is 42.5 Å². The van der Waals surface area contributed by atoms with Crippen LogP contribution in [0, 0.1) is 0 Å². The molecule has 0 N–H and O–H groups in total. The van der Waals surface area contributed by atoms with Gasteiger partial charge in [0.05, 0.1) is 24.4 Å². The molecule has 3 aromatic carbocycles. The summed E-state index contributed by atoms with van der Waals surface area (Å²) >= 11 is 0. The number of hydrazone groups is 1. The predicted octanol–water partition coefficient (Wildman–Crippen LogP) is 4.61. The number of para-hydroxylation sites is 1. The van der Waals surface area contributed by atoms with Crippen LogP contribution in [-0.4, -0.2) is 29.7 Å². The lowest BCUT2D eigenvalue weighted by atomic mass is 9.98. The van der Waals surface area contributed by atoms with Gasteiger partial charge in [-0.3, -0.25) is 4.79 Å². The quantitative estimate of drug-likeness (QED) is 0.452. The molecule has 6 heteroatoms. The van der Waals surface area contributed by atoms with Crippen LogP contribution >= 0.6 is 0 Å². The van der Waals surface area contributed by atoms with Crippen molar-refractivity contribution in [3.05, 3.63) is 95.6 Å². The van der Waals surface area contributed by atoms with Crippen LogP contribution in [-0.2, 0) is 4.79 Å². The minimum Gasteiger partial charge on any atom is -0.497 e. The highest BCUT2D eigenvalue weighted by Gasteiger charge is 2.32. The van der Waals surface area contributed by atoms with E-state index in [0.29, 0.717) is 29.0 Å². The first-order chi connectivity index (χ1) is 15.1. The number of amides is 1. The van der Waals surface area contributed by atoms with E-state index < -0.39 is 5.97 Å². The van der Waals surface area contributed by atoms with Crippen molar-refractivity contribution in [2.45, 2.75) is 19.4 Å². The lowest BCUT2D eigenvalue weighted by Crippen LogP contribution is -2.24. The molecule has 0 bridgehead atoms. The Kier molecular flexibility index (Phi) is 5.80. The molecule has 1 heterocycles. The molecule has 1 aliphatic heterocycles. The largest absolute Gasteiger partial charge is 0.497 e. The maximum Gasteiger partial charge on any atom is 0.343 e. The Morgan fingerprint density at radius 1 is 0.935 bits per heavy atom. The van der Waals surface area contributed by atoms with E-state index >= 15 is 0 Å². The first-order valence-electron chi connectivity index (χ1n) is 9.94. The summed E-state index contributed by atoms with van der Waals surface area (Å²) in [6.07, 6.45) is 0.506. The predicted molar refractivity (Wildman–Crippen MR) is 117 cm³/mol. The molecule has 6 nitrogen and oxygen atoms in total. The fraction of sp³-hybridized carbons (Fsp3) is 0.160. The van der Waals surface area contributed by atoms with Crippen molar-refractivity contribution in [3.63, 3.8) is 0 Å². The van der Waals surface area contributed by atoms with Gasteiger partial charge in [0.2, 0.25) is 5.91 Å². The second-order valence-electron chi connectivity index (χ2n) is 7.16. The van der Waals surface area contributed by atoms with Gasteiger partial charge in [-0.2, -0.15) is 5.10 Å². The van der Waals surface area contributed by atoms with Crippen LogP contribution in [0.15, 0.2) is 84.0 Å². The Bertz CT molecular complexity index is 1120. The number of rotatable bonds is 5. The number of carbonyl (C=O) groups is 2. The third-order valence-corrected chi connectivity index (χ3v) is 5.14. The van der Waals surface area contributed by atoms with Gasteiger partial charge in [0.15, 0.2) is 0 Å². The van der Waals surface area contributed by atoms with Crippen LogP contribution in [0.4, 0.5) is 0 Å². The van der Waals surface area contributed by atoms with E-state index in [-0.39, 0.29) is 11.9 Å². The van der Waals surface area contributed by atoms with Crippen molar-refractivity contribution in [1.82, 2.24) is 5.01 Å². The molecule has 1 atom stereocenters. The number of hydrogen-bond donors (Lipinski definition) is 0. The Labute approximate surface area is 180 Å². The topological polar surface area (TPSA) is 68.2 Å². The number of nitrogens with zero attached hydrogens (tertiary/aromatic N) is 2. The second-order valence-corrected chi connectivity index (χ2v) is 7.16. The van der Waals surface area contributed by atoms with Crippen LogP contribution in [0.5, 0.6) is 11.5 Å². The Hall–Kier alpha value is -3.93. The standard InChI is InChI=1S/C25H22N2O4/c1-17(28)27-23(18-12-14-20(30-2)15-13-18)16-22(26-27)21-10-6-7-11-24(21)31-25(29)19-8-4-3-5-9-19/h3-15,23H,16H2,1-2H3/t23-/m1/s1. The minimum atomic E-state index is -0.443. The van der Waals surface area contributed by atoms with Crippen molar-refractivity contribution < 1.29 is 19.1 Å². The van der Waals surface area contributed by atoms with Crippen molar-refractivity contribution >= 4 is 17.6 Å². The third-order valence-electron chi connectivity index (χ3n) is 5.14. The van der Waals surface area contributed by atoms with Crippen LogP contribution in [0.25, 0.3) is 0 Å². The summed E-state index contributed by atoms with van der Waals surface area (Å²) in [5, 5.41) is 6.06. The molecule has 0 aromatic heterocycles. The van der Waals surface area contributed by atoms with Gasteiger partial charge in [-0.15, -0.1) is 0 Å². The Morgan fingerprint density at radius 2 is 1.61 bits per heavy atom. The smallest absolute Gasteiger partial charge is 0.343 e. The second kappa shape index (κ2) is 8.83. The first kappa shape index (κ1) is 20.3. The zero-order valence-corrected chi connectivity index (χ0v) is 17.3. The number of hydrogen-bond acceptors (Lipinski definition) is 5. The maximum atomic E-state index is 12.6. The highest BCUT2D eigenvalue weighted by molar-refractivity contribution is 6.06. The molecule has 0 radical (unpaired) electrons. The van der Waals surface area contributed by atoms with E-state index in [2.05, 4.69) is 5.10 Å². The fourth-order valence-corrected chi connectivity index (χ4v) is 3.58. The molecule has 4 rings (SSSR count). The summed E-state index contributed by atoms with van der Waals surface area (Å²) in [6, 6.07) is 23.4. The summed E-state index contributed by atoms with van der Waals surface area (Å²) in [4.78, 5) is 24.8. The van der Waals surface area contributed by atoms with Crippen LogP contribution in [0.1, 0.15) is 40.9 Å². The fourth-order valence-electron chi connectivity index (χ4n) is 3.58. The molecule has 0 unspecified atom stereocenters. The zero-order chi connectivity index (χ0) is 21.8. The third kappa shape index (κ3) is 4.33. The molecular weight excluding hydrogens is 392 g/mol. The van der Waals surface area contributed by atoms with Crippen molar-refractivity contribution in [2.75, 3.05) is 7.11 Å². The highest BCUT2D eigenvalue weighted by atomic mass is 16.5. The van der Waals surface area contributed by atoms with E-state index in [1.807, 2.05) is 42.5 Å². The van der Waals surface area contributed by atoms with Gasteiger partial charge in [-0.25, -0.2) is 9.80 Å². The molecule has 1 amide bonds. The summed E-state index contributed by atoms with van der Waals surface area (Å²) in [5.74, 6) is 0.556. The van der Waals surface area contributed by atoms with Gasteiger partial charge < -0.3 is 9.47 Å². The molecule has 0 saturated heterocycles. The average Bonchev–Trinajstić information content (AvgIpc) is 3.26. The number of benzene rings is 3. The molecular formula is C25H22N2O4. The molecule has 3 aromatic rings. The van der Waals surface area contributed by atoms with Crippen molar-refractivity contribution in [1.29, 1.82) is 0 Å². The lowest BCUT2D eigenvalue weighted by Gasteiger charge is -2.20. The number of ether oxygens (including phenoxy) is 2. The Morgan fingerprint density at radius 3 is 2.29 bits per heavy atom. The molecule has 1 aliphatic rings. The molecule has 0 aliphatic carbocycles. The van der Waals surface area contributed by atoms with E-state index in [1.165, 1.54) is 11.9 Å². The molecule has 31 heavy (non-hydrogen) atoms.